The van der Waals surface area contributed by atoms with Gasteiger partial charge in [-0.1, -0.05) is 25.7 Å². The zero-order chi connectivity index (χ0) is 21.1. The molecule has 4 saturated carbocycles. The van der Waals surface area contributed by atoms with Gasteiger partial charge in [-0.3, -0.25) is 14.8 Å². The minimum atomic E-state index is 0.884. The van der Waals surface area contributed by atoms with E-state index >= 15 is 0 Å². The number of hydrogen-bond donors (Lipinski definition) is 1. The Morgan fingerprint density at radius 3 is 1.75 bits per heavy atom. The van der Waals surface area contributed by atoms with Gasteiger partial charge in [0.2, 0.25) is 0 Å². The van der Waals surface area contributed by atoms with Gasteiger partial charge in [0.25, 0.3) is 0 Å². The van der Waals surface area contributed by atoms with Crippen molar-refractivity contribution in [2.75, 3.05) is 32.7 Å². The van der Waals surface area contributed by atoms with Crippen LogP contribution in [0.3, 0.4) is 0 Å². The zero-order valence-corrected chi connectivity index (χ0v) is 20.2. The van der Waals surface area contributed by atoms with Crippen molar-refractivity contribution in [3.05, 3.63) is 0 Å². The lowest BCUT2D eigenvalue weighted by Crippen LogP contribution is -2.68. The number of hydrogen-bond acceptors (Lipinski definition) is 4. The van der Waals surface area contributed by atoms with Crippen molar-refractivity contribution in [2.45, 2.75) is 89.4 Å². The Balaban J connectivity index is 0.0000000950. The molecule has 0 aromatic rings. The third-order valence-corrected chi connectivity index (χ3v) is 11.4. The second-order valence-electron chi connectivity index (χ2n) is 12.9. The fourth-order valence-corrected chi connectivity index (χ4v) is 9.88. The van der Waals surface area contributed by atoms with Crippen LogP contribution in [-0.2, 0) is 0 Å². The molecule has 4 nitrogen and oxygen atoms in total. The third-order valence-electron chi connectivity index (χ3n) is 11.4. The van der Waals surface area contributed by atoms with Crippen LogP contribution in [0, 0.1) is 47.3 Å². The van der Waals surface area contributed by atoms with Gasteiger partial charge in [-0.2, -0.15) is 0 Å². The summed E-state index contributed by atoms with van der Waals surface area (Å²) in [5.41, 5.74) is 0. The van der Waals surface area contributed by atoms with Gasteiger partial charge in [-0.25, -0.2) is 0 Å². The van der Waals surface area contributed by atoms with E-state index < -0.39 is 0 Å². The van der Waals surface area contributed by atoms with E-state index in [9.17, 15) is 0 Å². The lowest BCUT2D eigenvalue weighted by atomic mass is 9.94. The first-order valence-corrected chi connectivity index (χ1v) is 14.6. The van der Waals surface area contributed by atoms with Gasteiger partial charge in [0, 0.05) is 25.8 Å². The molecule has 5 heterocycles. The third kappa shape index (κ3) is 3.45. The SMILES string of the molecule is C1=NC[C@@H]2CCC[C@H]12.C1C[C@@H]2CNC[C@@H]2C1.C1C[C@H]2CN3C([C@H]2C1)N1C[C@@H]2CCC[C@@H]2C31. The number of rotatable bonds is 0. The first-order valence-electron chi connectivity index (χ1n) is 14.6. The van der Waals surface area contributed by atoms with Gasteiger partial charge in [-0.05, 0) is 112 Å². The summed E-state index contributed by atoms with van der Waals surface area (Å²) >= 11 is 0. The highest BCUT2D eigenvalue weighted by atomic mass is 15.6. The van der Waals surface area contributed by atoms with E-state index in [-0.39, 0.29) is 0 Å². The predicted octanol–water partition coefficient (Wildman–Crippen LogP) is 4.61. The van der Waals surface area contributed by atoms with E-state index in [0.717, 1.165) is 66.2 Å². The van der Waals surface area contributed by atoms with Gasteiger partial charge >= 0.3 is 0 Å². The molecular weight excluding hydrogens is 392 g/mol. The molecule has 0 spiro atoms. The molecule has 8 fully saturated rings. The van der Waals surface area contributed by atoms with Crippen LogP contribution in [0.2, 0.25) is 0 Å². The monoisotopic (exact) mass is 438 g/mol. The largest absolute Gasteiger partial charge is 0.316 e. The zero-order valence-electron chi connectivity index (χ0n) is 20.2. The average Bonchev–Trinajstić information content (AvgIpc) is 3.59. The molecule has 4 saturated heterocycles. The highest BCUT2D eigenvalue weighted by Gasteiger charge is 2.64. The smallest absolute Gasteiger partial charge is 0.0681 e. The van der Waals surface area contributed by atoms with Gasteiger partial charge in [0.1, 0.15) is 0 Å². The Hall–Kier alpha value is -0.450. The van der Waals surface area contributed by atoms with Crippen LogP contribution in [-0.4, -0.2) is 61.1 Å². The van der Waals surface area contributed by atoms with Crippen molar-refractivity contribution in [1.29, 1.82) is 0 Å². The summed E-state index contributed by atoms with van der Waals surface area (Å²) in [6, 6.07) is 0. The Morgan fingerprint density at radius 2 is 1.12 bits per heavy atom. The molecule has 0 bridgehead atoms. The average molecular weight is 439 g/mol. The Bertz CT molecular complexity index is 648. The van der Waals surface area contributed by atoms with Crippen LogP contribution in [0.25, 0.3) is 0 Å². The fraction of sp³-hybridized carbons (Fsp3) is 0.964. The van der Waals surface area contributed by atoms with Crippen molar-refractivity contribution in [3.8, 4) is 0 Å². The molecule has 0 aromatic heterocycles. The van der Waals surface area contributed by atoms with E-state index in [1.54, 1.807) is 0 Å². The molecule has 0 aromatic carbocycles. The molecule has 0 radical (unpaired) electrons. The van der Waals surface area contributed by atoms with Crippen LogP contribution >= 0.6 is 0 Å². The number of fused-ring (bicyclic) bond motifs is 10. The van der Waals surface area contributed by atoms with E-state index in [4.69, 9.17) is 0 Å². The molecule has 5 aliphatic heterocycles. The standard InChI is InChI=1S/C14H22N2.C7H13N.C7H11N/c1-3-9-7-15-13(11(9)5-1)16-8-10-4-2-6-12(10)14(15)16;2*1-2-6-4-8-5-7(6)3-1/h9-14H,1-8H2;6-8H,1-5H2;4,6-7H,1-3,5H2/t9-,10-,11-,12-,13?,14?;2*6-,7+/m0.1/s1. The van der Waals surface area contributed by atoms with E-state index in [1.165, 1.54) is 103 Å². The molecule has 32 heavy (non-hydrogen) atoms. The molecule has 4 aliphatic carbocycles. The van der Waals surface area contributed by atoms with E-state index in [2.05, 4.69) is 26.3 Å². The predicted molar refractivity (Wildman–Crippen MR) is 131 cm³/mol. The second kappa shape index (κ2) is 8.64. The molecular formula is C28H46N4. The summed E-state index contributed by atoms with van der Waals surface area (Å²) in [5, 5.41) is 3.42. The Kier molecular flexibility index (Phi) is 5.64. The van der Waals surface area contributed by atoms with E-state index in [0.29, 0.717) is 0 Å². The fourth-order valence-electron chi connectivity index (χ4n) is 9.88. The van der Waals surface area contributed by atoms with Crippen LogP contribution in [0.5, 0.6) is 0 Å². The highest BCUT2D eigenvalue weighted by Crippen LogP contribution is 2.57. The molecule has 178 valence electrons. The molecule has 9 aliphatic rings. The Labute approximate surface area is 196 Å². The molecule has 0 amide bonds. The Morgan fingerprint density at radius 1 is 0.594 bits per heavy atom. The van der Waals surface area contributed by atoms with Gasteiger partial charge in [0.05, 0.1) is 12.3 Å². The van der Waals surface area contributed by atoms with Gasteiger partial charge in [0.15, 0.2) is 0 Å². The van der Waals surface area contributed by atoms with Gasteiger partial charge in [-0.15, -0.1) is 0 Å². The van der Waals surface area contributed by atoms with E-state index in [1.807, 2.05) is 0 Å². The second-order valence-corrected chi connectivity index (χ2v) is 12.9. The van der Waals surface area contributed by atoms with Crippen LogP contribution < -0.4 is 5.32 Å². The number of nitrogens with one attached hydrogen (secondary N) is 1. The molecule has 1 N–H and O–H groups in total. The summed E-state index contributed by atoms with van der Waals surface area (Å²) in [4.78, 5) is 10.1. The normalized spacial score (nSPS) is 51.6. The van der Waals surface area contributed by atoms with Crippen LogP contribution in [0.4, 0.5) is 0 Å². The van der Waals surface area contributed by atoms with Crippen molar-refractivity contribution in [2.24, 2.45) is 52.3 Å². The highest BCUT2D eigenvalue weighted by molar-refractivity contribution is 5.64. The molecule has 8 atom stereocenters. The summed E-state index contributed by atoms with van der Waals surface area (Å²) < 4.78 is 0. The number of aliphatic imine (C=N–C) groups is 1. The molecule has 0 unspecified atom stereocenters. The first kappa shape index (κ1) is 20.9. The summed E-state index contributed by atoms with van der Waals surface area (Å²) in [6.07, 6.45) is 21.9. The van der Waals surface area contributed by atoms with Crippen molar-refractivity contribution >= 4 is 6.21 Å². The van der Waals surface area contributed by atoms with Crippen molar-refractivity contribution < 1.29 is 0 Å². The molecule has 4 heteroatoms. The quantitative estimate of drug-likeness (QED) is 0.599. The lowest BCUT2D eigenvalue weighted by molar-refractivity contribution is -0.156. The summed E-state index contributed by atoms with van der Waals surface area (Å²) in [6.45, 7) is 6.67. The maximum absolute atomic E-state index is 4.24. The van der Waals surface area contributed by atoms with Crippen molar-refractivity contribution in [1.82, 2.24) is 15.1 Å². The van der Waals surface area contributed by atoms with Crippen LogP contribution in [0.1, 0.15) is 77.0 Å². The minimum absolute atomic E-state index is 0.884. The summed E-state index contributed by atoms with van der Waals surface area (Å²) in [7, 11) is 0. The van der Waals surface area contributed by atoms with Crippen LogP contribution in [0.15, 0.2) is 4.99 Å². The number of nitrogens with zero attached hydrogens (tertiary/aromatic N) is 3. The molecule has 9 rings (SSSR count). The lowest BCUT2D eigenvalue weighted by Gasteiger charge is -2.54. The van der Waals surface area contributed by atoms with Crippen molar-refractivity contribution in [3.63, 3.8) is 0 Å². The topological polar surface area (TPSA) is 30.9 Å². The maximum atomic E-state index is 4.24. The maximum Gasteiger partial charge on any atom is 0.0681 e. The first-order chi connectivity index (χ1) is 15.9. The summed E-state index contributed by atoms with van der Waals surface area (Å²) in [5.74, 6) is 8.26. The minimum Gasteiger partial charge on any atom is -0.316 e. The van der Waals surface area contributed by atoms with Gasteiger partial charge < -0.3 is 5.32 Å².